The first kappa shape index (κ1) is 18.8. The molecule has 2 aromatic carbocycles. The van der Waals surface area contributed by atoms with Gasteiger partial charge >= 0.3 is 0 Å². The summed E-state index contributed by atoms with van der Waals surface area (Å²) in [6.07, 6.45) is 1.49. The Labute approximate surface area is 153 Å². The highest BCUT2D eigenvalue weighted by molar-refractivity contribution is 7.89. The normalized spacial score (nSPS) is 16.5. The Kier molecular flexibility index (Phi) is 5.90. The topological polar surface area (TPSA) is 58.6 Å². The van der Waals surface area contributed by atoms with Crippen LogP contribution < -0.4 is 9.46 Å². The molecule has 0 aliphatic carbocycles. The SMILES string of the molecule is COc1ccc(S(=O)(=O)NC2CCN(Cc3ccc(F)cc3)CC2)cc1. The lowest BCUT2D eigenvalue weighted by atomic mass is 10.1. The molecule has 5 nitrogen and oxygen atoms in total. The van der Waals surface area contributed by atoms with E-state index in [2.05, 4.69) is 9.62 Å². The molecule has 1 aliphatic rings. The lowest BCUT2D eigenvalue weighted by Crippen LogP contribution is -2.44. The molecule has 1 aliphatic heterocycles. The fourth-order valence-electron chi connectivity index (χ4n) is 3.10. The predicted octanol–water partition coefficient (Wildman–Crippen LogP) is 2.78. The Morgan fingerprint density at radius 1 is 1.08 bits per heavy atom. The van der Waals surface area contributed by atoms with E-state index >= 15 is 0 Å². The molecule has 0 saturated carbocycles. The van der Waals surface area contributed by atoms with E-state index in [4.69, 9.17) is 4.74 Å². The van der Waals surface area contributed by atoms with E-state index in [0.717, 1.165) is 38.0 Å². The number of hydrogen-bond donors (Lipinski definition) is 1. The molecule has 26 heavy (non-hydrogen) atoms. The van der Waals surface area contributed by atoms with E-state index in [1.165, 1.54) is 12.1 Å². The average molecular weight is 378 g/mol. The summed E-state index contributed by atoms with van der Waals surface area (Å²) in [5.41, 5.74) is 1.06. The van der Waals surface area contributed by atoms with Crippen LogP contribution in [0.1, 0.15) is 18.4 Å². The Morgan fingerprint density at radius 2 is 1.69 bits per heavy atom. The third kappa shape index (κ3) is 4.81. The molecule has 1 heterocycles. The highest BCUT2D eigenvalue weighted by Gasteiger charge is 2.24. The van der Waals surface area contributed by atoms with Gasteiger partial charge in [-0.15, -0.1) is 0 Å². The van der Waals surface area contributed by atoms with Crippen LogP contribution in [0.3, 0.4) is 0 Å². The zero-order valence-corrected chi connectivity index (χ0v) is 15.5. The first-order chi connectivity index (χ1) is 12.5. The maximum atomic E-state index is 13.0. The second kappa shape index (κ2) is 8.16. The summed E-state index contributed by atoms with van der Waals surface area (Å²) in [6.45, 7) is 2.35. The van der Waals surface area contributed by atoms with E-state index in [1.54, 1.807) is 43.5 Å². The van der Waals surface area contributed by atoms with Gasteiger partial charge in [0.2, 0.25) is 10.0 Å². The third-order valence-corrected chi connectivity index (χ3v) is 6.13. The van der Waals surface area contributed by atoms with Crippen molar-refractivity contribution in [1.29, 1.82) is 0 Å². The molecule has 140 valence electrons. The van der Waals surface area contributed by atoms with Gasteiger partial charge < -0.3 is 4.74 Å². The Bertz CT molecular complexity index is 815. The highest BCUT2D eigenvalue weighted by Crippen LogP contribution is 2.19. The minimum absolute atomic E-state index is 0.0773. The van der Waals surface area contributed by atoms with Crippen LogP contribution in [0, 0.1) is 5.82 Å². The molecule has 1 saturated heterocycles. The van der Waals surface area contributed by atoms with Crippen LogP contribution in [-0.4, -0.2) is 39.6 Å². The van der Waals surface area contributed by atoms with Crippen molar-refractivity contribution in [1.82, 2.24) is 9.62 Å². The van der Waals surface area contributed by atoms with E-state index in [-0.39, 0.29) is 16.8 Å². The van der Waals surface area contributed by atoms with E-state index in [9.17, 15) is 12.8 Å². The number of benzene rings is 2. The van der Waals surface area contributed by atoms with Crippen molar-refractivity contribution in [2.45, 2.75) is 30.3 Å². The van der Waals surface area contributed by atoms with Crippen molar-refractivity contribution in [2.24, 2.45) is 0 Å². The van der Waals surface area contributed by atoms with Crippen LogP contribution >= 0.6 is 0 Å². The maximum absolute atomic E-state index is 13.0. The molecular weight excluding hydrogens is 355 g/mol. The first-order valence-electron chi connectivity index (χ1n) is 8.59. The fourth-order valence-corrected chi connectivity index (χ4v) is 4.40. The summed E-state index contributed by atoms with van der Waals surface area (Å²) in [6, 6.07) is 12.8. The Morgan fingerprint density at radius 3 is 2.27 bits per heavy atom. The number of ether oxygens (including phenoxy) is 1. The second-order valence-electron chi connectivity index (χ2n) is 6.47. The Hall–Kier alpha value is -1.96. The zero-order chi connectivity index (χ0) is 18.6. The largest absolute Gasteiger partial charge is 0.497 e. The summed E-state index contributed by atoms with van der Waals surface area (Å²) in [7, 11) is -1.99. The summed E-state index contributed by atoms with van der Waals surface area (Å²) in [5, 5.41) is 0. The van der Waals surface area contributed by atoms with Gasteiger partial charge in [0, 0.05) is 25.7 Å². The van der Waals surface area contributed by atoms with Crippen molar-refractivity contribution in [3.63, 3.8) is 0 Å². The molecule has 0 aromatic heterocycles. The highest BCUT2D eigenvalue weighted by atomic mass is 32.2. The number of likely N-dealkylation sites (tertiary alicyclic amines) is 1. The lowest BCUT2D eigenvalue weighted by Gasteiger charge is -2.32. The van der Waals surface area contributed by atoms with E-state index in [1.807, 2.05) is 0 Å². The van der Waals surface area contributed by atoms with Gasteiger partial charge in [0.25, 0.3) is 0 Å². The molecule has 0 bridgehead atoms. The molecular formula is C19H23FN2O3S. The summed E-state index contributed by atoms with van der Waals surface area (Å²) in [5.74, 6) is 0.387. The predicted molar refractivity (Wildman–Crippen MR) is 98.0 cm³/mol. The quantitative estimate of drug-likeness (QED) is 0.840. The molecule has 0 spiro atoms. The second-order valence-corrected chi connectivity index (χ2v) is 8.19. The van der Waals surface area contributed by atoms with Crippen LogP contribution in [0.2, 0.25) is 0 Å². The van der Waals surface area contributed by atoms with Crippen LogP contribution in [0.25, 0.3) is 0 Å². The molecule has 3 rings (SSSR count). The first-order valence-corrected chi connectivity index (χ1v) is 10.1. The van der Waals surface area contributed by atoms with Crippen LogP contribution in [0.4, 0.5) is 4.39 Å². The summed E-state index contributed by atoms with van der Waals surface area (Å²) >= 11 is 0. The Balaban J connectivity index is 1.53. The molecule has 0 amide bonds. The molecule has 7 heteroatoms. The number of piperidine rings is 1. The number of sulfonamides is 1. The van der Waals surface area contributed by atoms with Crippen molar-refractivity contribution in [3.8, 4) is 5.75 Å². The van der Waals surface area contributed by atoms with E-state index in [0.29, 0.717) is 5.75 Å². The smallest absolute Gasteiger partial charge is 0.240 e. The number of hydrogen-bond acceptors (Lipinski definition) is 4. The van der Waals surface area contributed by atoms with Gasteiger partial charge in [-0.25, -0.2) is 17.5 Å². The standard InChI is InChI=1S/C19H23FN2O3S/c1-25-18-6-8-19(9-7-18)26(23,24)21-17-10-12-22(13-11-17)14-15-2-4-16(20)5-3-15/h2-9,17,21H,10-14H2,1H3. The number of nitrogens with zero attached hydrogens (tertiary/aromatic N) is 1. The molecule has 1 N–H and O–H groups in total. The van der Waals surface area contributed by atoms with Gasteiger partial charge in [-0.1, -0.05) is 12.1 Å². The van der Waals surface area contributed by atoms with Gasteiger partial charge in [-0.05, 0) is 54.8 Å². The van der Waals surface area contributed by atoms with Gasteiger partial charge in [-0.3, -0.25) is 4.90 Å². The number of methoxy groups -OCH3 is 1. The van der Waals surface area contributed by atoms with Crippen molar-refractivity contribution in [3.05, 3.63) is 59.9 Å². The maximum Gasteiger partial charge on any atom is 0.240 e. The van der Waals surface area contributed by atoms with Gasteiger partial charge in [0.15, 0.2) is 0 Å². The van der Waals surface area contributed by atoms with E-state index < -0.39 is 10.0 Å². The third-order valence-electron chi connectivity index (χ3n) is 4.60. The fraction of sp³-hybridized carbons (Fsp3) is 0.368. The average Bonchev–Trinajstić information content (AvgIpc) is 2.65. The summed E-state index contributed by atoms with van der Waals surface area (Å²) in [4.78, 5) is 2.50. The molecule has 0 unspecified atom stereocenters. The van der Waals surface area contributed by atoms with Gasteiger partial charge in [-0.2, -0.15) is 0 Å². The van der Waals surface area contributed by atoms with Crippen LogP contribution in [-0.2, 0) is 16.6 Å². The molecule has 2 aromatic rings. The van der Waals surface area contributed by atoms with Crippen molar-refractivity contribution in [2.75, 3.05) is 20.2 Å². The molecule has 0 radical (unpaired) electrons. The van der Waals surface area contributed by atoms with Gasteiger partial charge in [0.1, 0.15) is 11.6 Å². The summed E-state index contributed by atoms with van der Waals surface area (Å²) < 4.78 is 45.8. The minimum Gasteiger partial charge on any atom is -0.497 e. The van der Waals surface area contributed by atoms with Crippen molar-refractivity contribution < 1.29 is 17.5 Å². The monoisotopic (exact) mass is 378 g/mol. The lowest BCUT2D eigenvalue weighted by molar-refractivity contribution is 0.200. The van der Waals surface area contributed by atoms with Crippen molar-refractivity contribution >= 4 is 10.0 Å². The molecule has 0 atom stereocenters. The van der Waals surface area contributed by atoms with Gasteiger partial charge in [0.05, 0.1) is 12.0 Å². The number of halogens is 1. The van der Waals surface area contributed by atoms with Crippen LogP contribution in [0.5, 0.6) is 5.75 Å². The van der Waals surface area contributed by atoms with Crippen LogP contribution in [0.15, 0.2) is 53.4 Å². The number of rotatable bonds is 6. The number of nitrogens with one attached hydrogen (secondary N) is 1. The minimum atomic E-state index is -3.53. The molecule has 1 fully saturated rings. The zero-order valence-electron chi connectivity index (χ0n) is 14.7.